The summed E-state index contributed by atoms with van der Waals surface area (Å²) in [7, 11) is 0. The third kappa shape index (κ3) is 4.94. The molecule has 1 aromatic carbocycles. The van der Waals surface area contributed by atoms with Crippen molar-refractivity contribution in [3.63, 3.8) is 0 Å². The fourth-order valence-electron chi connectivity index (χ4n) is 15.5. The van der Waals surface area contributed by atoms with Gasteiger partial charge in [0.25, 0.3) is 11.8 Å². The van der Waals surface area contributed by atoms with E-state index in [9.17, 15) is 9.59 Å². The van der Waals surface area contributed by atoms with Gasteiger partial charge in [0.1, 0.15) is 0 Å². The van der Waals surface area contributed by atoms with Crippen LogP contribution in [0.1, 0.15) is 143 Å². The Hall–Kier alpha value is -2.36. The maximum atomic E-state index is 13.9. The Morgan fingerprint density at radius 3 is 1.36 bits per heavy atom. The van der Waals surface area contributed by atoms with Gasteiger partial charge in [-0.1, -0.05) is 65.5 Å². The molecule has 4 nitrogen and oxygen atoms in total. The second-order valence-electron chi connectivity index (χ2n) is 19.9. The summed E-state index contributed by atoms with van der Waals surface area (Å²) in [5.41, 5.74) is 4.65. The molecule has 8 aliphatic rings. The van der Waals surface area contributed by atoms with Crippen molar-refractivity contribution in [3.05, 3.63) is 47.6 Å². The molecule has 4 heteroatoms. The Labute approximate surface area is 302 Å². The highest BCUT2D eigenvalue weighted by Gasteiger charge is 2.60. The summed E-state index contributed by atoms with van der Waals surface area (Å²) < 4.78 is 0. The molecule has 0 heterocycles. The van der Waals surface area contributed by atoms with E-state index in [4.69, 9.17) is 0 Å². The minimum Gasteiger partial charge on any atom is -0.322 e. The van der Waals surface area contributed by atoms with E-state index < -0.39 is 0 Å². The van der Waals surface area contributed by atoms with Crippen molar-refractivity contribution in [3.8, 4) is 0 Å². The van der Waals surface area contributed by atoms with Gasteiger partial charge in [-0.25, -0.2) is 0 Å². The van der Waals surface area contributed by atoms with Crippen LogP contribution in [-0.4, -0.2) is 11.8 Å². The molecule has 6 fully saturated rings. The third-order valence-electron chi connectivity index (χ3n) is 18.2. The summed E-state index contributed by atoms with van der Waals surface area (Å²) in [4.78, 5) is 27.7. The lowest BCUT2D eigenvalue weighted by molar-refractivity contribution is -0.119. The zero-order chi connectivity index (χ0) is 34.5. The van der Waals surface area contributed by atoms with E-state index in [1.165, 1.54) is 89.9 Å². The van der Waals surface area contributed by atoms with E-state index in [0.717, 1.165) is 83.7 Å². The van der Waals surface area contributed by atoms with Crippen LogP contribution in [0.25, 0.3) is 0 Å². The van der Waals surface area contributed by atoms with Gasteiger partial charge < -0.3 is 10.6 Å². The zero-order valence-corrected chi connectivity index (χ0v) is 31.6. The molecule has 6 saturated carbocycles. The summed E-state index contributed by atoms with van der Waals surface area (Å²) >= 11 is 0. The van der Waals surface area contributed by atoms with Crippen molar-refractivity contribution in [2.45, 2.75) is 143 Å². The van der Waals surface area contributed by atoms with Gasteiger partial charge >= 0.3 is 0 Å². The Balaban J connectivity index is 0.827. The molecule has 0 spiro atoms. The molecule has 0 bridgehead atoms. The number of rotatable bonds is 4. The SMILES string of the molecule is C[C@]12CCCC[C@@H]1CC[C@@H]1[C@@H]2CC[C@]2(C)C(C(=O)Nc3ccc(NC(=O)C4=CC[C@H]5[C@@H]6CC[C@H]7CCCC[C@]7(C)[C@H]6CC[C@]45C)cc3)=CC[C@@H]12. The van der Waals surface area contributed by atoms with Gasteiger partial charge in [-0.15, -0.1) is 0 Å². The molecule has 2 N–H and O–H groups in total. The van der Waals surface area contributed by atoms with Crippen LogP contribution in [0, 0.1) is 69.0 Å². The fraction of sp³-hybridized carbons (Fsp3) is 0.739. The average molecular weight is 677 g/mol. The Morgan fingerprint density at radius 1 is 0.520 bits per heavy atom. The van der Waals surface area contributed by atoms with E-state index >= 15 is 0 Å². The lowest BCUT2D eigenvalue weighted by Gasteiger charge is -2.60. The van der Waals surface area contributed by atoms with Gasteiger partial charge in [-0.2, -0.15) is 0 Å². The molecule has 12 atom stereocenters. The molecule has 2 amide bonds. The highest BCUT2D eigenvalue weighted by Crippen LogP contribution is 2.68. The van der Waals surface area contributed by atoms with Crippen molar-refractivity contribution in [2.24, 2.45) is 69.0 Å². The normalized spacial score (nSPS) is 46.1. The summed E-state index contributed by atoms with van der Waals surface area (Å²) in [5, 5.41) is 6.53. The number of nitrogens with one attached hydrogen (secondary N) is 2. The van der Waals surface area contributed by atoms with Gasteiger partial charge in [0.15, 0.2) is 0 Å². The highest BCUT2D eigenvalue weighted by atomic mass is 16.2. The first-order valence-electron chi connectivity index (χ1n) is 21.2. The van der Waals surface area contributed by atoms with Crippen LogP contribution >= 0.6 is 0 Å². The van der Waals surface area contributed by atoms with Crippen molar-refractivity contribution < 1.29 is 9.59 Å². The highest BCUT2D eigenvalue weighted by molar-refractivity contribution is 6.06. The van der Waals surface area contributed by atoms with E-state index in [1.54, 1.807) is 0 Å². The summed E-state index contributed by atoms with van der Waals surface area (Å²) in [6.45, 7) is 10.1. The first-order valence-corrected chi connectivity index (χ1v) is 21.2. The number of amides is 2. The fourth-order valence-corrected chi connectivity index (χ4v) is 15.5. The van der Waals surface area contributed by atoms with Crippen LogP contribution in [0.3, 0.4) is 0 Å². The van der Waals surface area contributed by atoms with E-state index in [2.05, 4.69) is 50.5 Å². The van der Waals surface area contributed by atoms with Crippen LogP contribution in [0.4, 0.5) is 11.4 Å². The first kappa shape index (κ1) is 33.5. The van der Waals surface area contributed by atoms with Gasteiger partial charge in [0.05, 0.1) is 0 Å². The van der Waals surface area contributed by atoms with Crippen LogP contribution < -0.4 is 10.6 Å². The van der Waals surface area contributed by atoms with Crippen molar-refractivity contribution in [2.75, 3.05) is 10.6 Å². The molecule has 0 aliphatic heterocycles. The molecule has 50 heavy (non-hydrogen) atoms. The van der Waals surface area contributed by atoms with Crippen molar-refractivity contribution >= 4 is 23.2 Å². The molecule has 0 radical (unpaired) electrons. The van der Waals surface area contributed by atoms with Crippen LogP contribution in [-0.2, 0) is 9.59 Å². The summed E-state index contributed by atoms with van der Waals surface area (Å²) in [5.74, 6) is 6.39. The minimum absolute atomic E-state index is 0.0212. The average Bonchev–Trinajstić information content (AvgIpc) is 3.65. The van der Waals surface area contributed by atoms with Crippen LogP contribution in [0.15, 0.2) is 47.6 Å². The number of hydrogen-bond acceptors (Lipinski definition) is 2. The number of carbonyl (C=O) groups excluding carboxylic acids is 2. The van der Waals surface area contributed by atoms with Crippen molar-refractivity contribution in [1.82, 2.24) is 0 Å². The topological polar surface area (TPSA) is 58.2 Å². The standard InChI is InChI=1S/C46H64N2O2/c1-43-25-7-5-9-29(43)11-17-33-35-19-21-39(45(35,3)27-23-37(33)43)41(49)47-31-13-15-32(16-14-31)48-42(50)40-22-20-36-34-18-12-30-10-6-8-26-44(30,2)38(34)24-28-46(36,40)4/h13-16,21-22,29-30,33-38H,5-12,17-20,23-28H2,1-4H3,(H,47,49)(H,48,50)/t29-,30-,33+,34+,35+,36+,37+,38+,43+,44+,45+,46+/m1/s1. The molecule has 9 rings (SSSR count). The largest absolute Gasteiger partial charge is 0.322 e. The molecule has 0 saturated heterocycles. The molecular formula is C46H64N2O2. The lowest BCUT2D eigenvalue weighted by Crippen LogP contribution is -2.52. The predicted octanol–water partition coefficient (Wildman–Crippen LogP) is 11.5. The molecular weight excluding hydrogens is 613 g/mol. The smallest absolute Gasteiger partial charge is 0.251 e. The zero-order valence-electron chi connectivity index (χ0n) is 31.6. The number of anilines is 2. The minimum atomic E-state index is -0.0212. The molecule has 8 aliphatic carbocycles. The molecule has 0 aromatic heterocycles. The quantitative estimate of drug-likeness (QED) is 0.333. The third-order valence-corrected chi connectivity index (χ3v) is 18.2. The summed E-state index contributed by atoms with van der Waals surface area (Å²) in [6.07, 6.45) is 28.4. The molecule has 1 aromatic rings. The number of allylic oxidation sites excluding steroid dienone is 2. The number of fused-ring (bicyclic) bond motifs is 10. The number of hydrogen-bond donors (Lipinski definition) is 2. The molecule has 0 unspecified atom stereocenters. The maximum absolute atomic E-state index is 13.9. The lowest BCUT2D eigenvalue weighted by atomic mass is 9.45. The first-order chi connectivity index (χ1) is 24.0. The Bertz CT molecular complexity index is 1470. The second-order valence-corrected chi connectivity index (χ2v) is 19.9. The summed E-state index contributed by atoms with van der Waals surface area (Å²) in [6, 6.07) is 7.86. The van der Waals surface area contributed by atoms with Crippen LogP contribution in [0.2, 0.25) is 0 Å². The van der Waals surface area contributed by atoms with Crippen LogP contribution in [0.5, 0.6) is 0 Å². The monoisotopic (exact) mass is 676 g/mol. The number of carbonyl (C=O) groups is 2. The Kier molecular flexibility index (Phi) is 8.09. The predicted molar refractivity (Wildman–Crippen MR) is 203 cm³/mol. The second kappa shape index (κ2) is 12.1. The van der Waals surface area contributed by atoms with Gasteiger partial charge in [-0.3, -0.25) is 9.59 Å². The number of benzene rings is 1. The van der Waals surface area contributed by atoms with E-state index in [0.29, 0.717) is 22.7 Å². The van der Waals surface area contributed by atoms with Crippen molar-refractivity contribution in [1.29, 1.82) is 0 Å². The van der Waals surface area contributed by atoms with Gasteiger partial charge in [-0.05, 0) is 172 Å². The Morgan fingerprint density at radius 2 is 0.940 bits per heavy atom. The van der Waals surface area contributed by atoms with E-state index in [-0.39, 0.29) is 22.6 Å². The van der Waals surface area contributed by atoms with Gasteiger partial charge in [0, 0.05) is 33.4 Å². The molecule has 270 valence electrons. The van der Waals surface area contributed by atoms with E-state index in [1.807, 2.05) is 24.3 Å². The van der Waals surface area contributed by atoms with Gasteiger partial charge in [0.2, 0.25) is 0 Å². The maximum Gasteiger partial charge on any atom is 0.251 e.